The molecule has 1 N–H and O–H groups in total. The van der Waals surface area contributed by atoms with Gasteiger partial charge in [0.2, 0.25) is 0 Å². The Morgan fingerprint density at radius 2 is 1.80 bits per heavy atom. The molecule has 1 heterocycles. The van der Waals surface area contributed by atoms with Crippen molar-refractivity contribution in [1.29, 1.82) is 0 Å². The summed E-state index contributed by atoms with van der Waals surface area (Å²) < 4.78 is 10.1. The molecule has 2 rings (SSSR count). The summed E-state index contributed by atoms with van der Waals surface area (Å²) in [4.78, 5) is 15.7. The lowest BCUT2D eigenvalue weighted by atomic mass is 10.3. The predicted molar refractivity (Wildman–Crippen MR) is 80.8 cm³/mol. The second kappa shape index (κ2) is 8.16. The van der Waals surface area contributed by atoms with Crippen LogP contribution in [0, 0.1) is 6.92 Å². The average molecular weight is 294 g/mol. The van der Waals surface area contributed by atoms with Gasteiger partial charge in [-0.1, -0.05) is 13.8 Å². The second-order valence-electron chi connectivity index (χ2n) is 3.48. The molecular formula is C14H18N2O3S. The molecule has 2 aromatic rings. The molecule has 1 amide bonds. The number of amides is 1. The van der Waals surface area contributed by atoms with E-state index in [0.717, 1.165) is 5.69 Å². The third-order valence-corrected chi connectivity index (χ3v) is 2.97. The minimum Gasteiger partial charge on any atom is -0.497 e. The van der Waals surface area contributed by atoms with E-state index in [4.69, 9.17) is 9.47 Å². The fourth-order valence-electron chi connectivity index (χ4n) is 1.28. The number of anilines is 1. The van der Waals surface area contributed by atoms with Gasteiger partial charge in [-0.05, 0) is 31.2 Å². The van der Waals surface area contributed by atoms with Gasteiger partial charge in [-0.3, -0.25) is 5.32 Å². The van der Waals surface area contributed by atoms with Crippen molar-refractivity contribution in [2.24, 2.45) is 0 Å². The van der Waals surface area contributed by atoms with E-state index in [1.54, 1.807) is 31.4 Å². The fourth-order valence-corrected chi connectivity index (χ4v) is 1.95. The molecule has 0 aliphatic carbocycles. The Morgan fingerprint density at radius 3 is 2.30 bits per heavy atom. The average Bonchev–Trinajstić information content (AvgIpc) is 2.87. The van der Waals surface area contributed by atoms with Gasteiger partial charge in [-0.25, -0.2) is 9.78 Å². The summed E-state index contributed by atoms with van der Waals surface area (Å²) in [6.07, 6.45) is -0.561. The maximum Gasteiger partial charge on any atom is 0.418 e. The molecule has 0 bridgehead atoms. The van der Waals surface area contributed by atoms with E-state index in [-0.39, 0.29) is 0 Å². The molecule has 1 aromatic heterocycles. The van der Waals surface area contributed by atoms with Crippen LogP contribution >= 0.6 is 11.3 Å². The van der Waals surface area contributed by atoms with Crippen molar-refractivity contribution in [1.82, 2.24) is 4.98 Å². The van der Waals surface area contributed by atoms with Gasteiger partial charge < -0.3 is 9.47 Å². The molecule has 1 aromatic carbocycles. The topological polar surface area (TPSA) is 60.5 Å². The van der Waals surface area contributed by atoms with E-state index in [2.05, 4.69) is 10.3 Å². The van der Waals surface area contributed by atoms with Gasteiger partial charge >= 0.3 is 6.09 Å². The SMILES string of the molecule is CC.COc1ccc(OC(=O)Nc2nc(C)cs2)cc1. The van der Waals surface area contributed by atoms with Gasteiger partial charge in [0.1, 0.15) is 11.5 Å². The zero-order chi connectivity index (χ0) is 15.0. The number of nitrogens with one attached hydrogen (secondary N) is 1. The molecule has 0 fully saturated rings. The highest BCUT2D eigenvalue weighted by Gasteiger charge is 2.07. The number of ether oxygens (including phenoxy) is 2. The number of aryl methyl sites for hydroxylation is 1. The third-order valence-electron chi connectivity index (χ3n) is 2.10. The maximum atomic E-state index is 11.5. The van der Waals surface area contributed by atoms with Crippen LogP contribution in [0.5, 0.6) is 11.5 Å². The summed E-state index contributed by atoms with van der Waals surface area (Å²) in [6.45, 7) is 5.86. The Kier molecular flexibility index (Phi) is 6.52. The number of benzene rings is 1. The van der Waals surface area contributed by atoms with Crippen LogP contribution in [0.4, 0.5) is 9.93 Å². The van der Waals surface area contributed by atoms with Gasteiger partial charge in [0.15, 0.2) is 5.13 Å². The lowest BCUT2D eigenvalue weighted by Crippen LogP contribution is -2.16. The molecular weight excluding hydrogens is 276 g/mol. The molecule has 0 aliphatic heterocycles. The fraction of sp³-hybridized carbons (Fsp3) is 0.286. The van der Waals surface area contributed by atoms with E-state index >= 15 is 0 Å². The minimum atomic E-state index is -0.561. The number of carbonyl (C=O) groups is 1. The first-order valence-electron chi connectivity index (χ1n) is 6.22. The Morgan fingerprint density at radius 1 is 1.20 bits per heavy atom. The molecule has 0 saturated heterocycles. The number of hydrogen-bond acceptors (Lipinski definition) is 5. The zero-order valence-corrected chi connectivity index (χ0v) is 12.8. The first kappa shape index (κ1) is 16.0. The highest BCUT2D eigenvalue weighted by Crippen LogP contribution is 2.18. The first-order chi connectivity index (χ1) is 9.67. The Bertz CT molecular complexity index is 538. The standard InChI is InChI=1S/C12H12N2O3S.C2H6/c1-8-7-18-11(13-8)14-12(15)17-10-5-3-9(16-2)4-6-10;1-2/h3-7H,1-2H3,(H,13,14,15);1-2H3. The number of thiazole rings is 1. The second-order valence-corrected chi connectivity index (χ2v) is 4.34. The van der Waals surface area contributed by atoms with Crippen LogP contribution in [-0.4, -0.2) is 18.2 Å². The van der Waals surface area contributed by atoms with Crippen molar-refractivity contribution in [3.8, 4) is 11.5 Å². The van der Waals surface area contributed by atoms with Crippen LogP contribution in [0.3, 0.4) is 0 Å². The quantitative estimate of drug-likeness (QED) is 0.926. The van der Waals surface area contributed by atoms with E-state index in [1.807, 2.05) is 26.2 Å². The van der Waals surface area contributed by atoms with Crippen molar-refractivity contribution in [3.05, 3.63) is 35.3 Å². The van der Waals surface area contributed by atoms with Gasteiger partial charge in [0.25, 0.3) is 0 Å². The maximum absolute atomic E-state index is 11.5. The van der Waals surface area contributed by atoms with E-state index < -0.39 is 6.09 Å². The summed E-state index contributed by atoms with van der Waals surface area (Å²) in [6, 6.07) is 6.75. The van der Waals surface area contributed by atoms with Gasteiger partial charge in [0, 0.05) is 5.38 Å². The third kappa shape index (κ3) is 4.89. The Balaban J connectivity index is 0.000000956. The predicted octanol–water partition coefficient (Wildman–Crippen LogP) is 4.10. The molecule has 20 heavy (non-hydrogen) atoms. The smallest absolute Gasteiger partial charge is 0.418 e. The normalized spacial score (nSPS) is 9.20. The number of methoxy groups -OCH3 is 1. The minimum absolute atomic E-state index is 0.446. The summed E-state index contributed by atoms with van der Waals surface area (Å²) in [5.74, 6) is 1.15. The summed E-state index contributed by atoms with van der Waals surface area (Å²) in [5.41, 5.74) is 0.861. The van der Waals surface area contributed by atoms with Crippen LogP contribution in [0.2, 0.25) is 0 Å². The number of aromatic nitrogens is 1. The molecule has 5 nitrogen and oxygen atoms in total. The van der Waals surface area contributed by atoms with Crippen LogP contribution in [-0.2, 0) is 0 Å². The van der Waals surface area contributed by atoms with Gasteiger partial charge in [-0.15, -0.1) is 11.3 Å². The zero-order valence-electron chi connectivity index (χ0n) is 12.0. The lowest BCUT2D eigenvalue weighted by molar-refractivity contribution is 0.215. The van der Waals surface area contributed by atoms with Crippen LogP contribution in [0.15, 0.2) is 29.6 Å². The first-order valence-corrected chi connectivity index (χ1v) is 7.10. The van der Waals surface area contributed by atoms with Crippen molar-refractivity contribution >= 4 is 22.6 Å². The van der Waals surface area contributed by atoms with Crippen molar-refractivity contribution in [2.75, 3.05) is 12.4 Å². The summed E-state index contributed by atoms with van der Waals surface area (Å²) >= 11 is 1.35. The number of nitrogens with zero attached hydrogens (tertiary/aromatic N) is 1. The molecule has 108 valence electrons. The van der Waals surface area contributed by atoms with E-state index in [1.165, 1.54) is 11.3 Å². The van der Waals surface area contributed by atoms with E-state index in [9.17, 15) is 4.79 Å². The van der Waals surface area contributed by atoms with Crippen LogP contribution in [0.25, 0.3) is 0 Å². The highest BCUT2D eigenvalue weighted by atomic mass is 32.1. The Labute approximate surface area is 122 Å². The number of rotatable bonds is 3. The molecule has 0 aliphatic rings. The monoisotopic (exact) mass is 294 g/mol. The molecule has 0 spiro atoms. The molecule has 0 radical (unpaired) electrons. The summed E-state index contributed by atoms with van der Waals surface area (Å²) in [7, 11) is 1.58. The van der Waals surface area contributed by atoms with Gasteiger partial charge in [-0.2, -0.15) is 0 Å². The number of carbonyl (C=O) groups excluding carboxylic acids is 1. The van der Waals surface area contributed by atoms with Crippen molar-refractivity contribution in [2.45, 2.75) is 20.8 Å². The van der Waals surface area contributed by atoms with Crippen molar-refractivity contribution in [3.63, 3.8) is 0 Å². The van der Waals surface area contributed by atoms with Crippen LogP contribution in [0.1, 0.15) is 19.5 Å². The Hall–Kier alpha value is -2.08. The molecule has 6 heteroatoms. The van der Waals surface area contributed by atoms with E-state index in [0.29, 0.717) is 16.6 Å². The molecule has 0 unspecified atom stereocenters. The van der Waals surface area contributed by atoms with Crippen molar-refractivity contribution < 1.29 is 14.3 Å². The lowest BCUT2D eigenvalue weighted by Gasteiger charge is -2.05. The molecule has 0 saturated carbocycles. The largest absolute Gasteiger partial charge is 0.497 e. The highest BCUT2D eigenvalue weighted by molar-refractivity contribution is 7.13. The number of hydrogen-bond donors (Lipinski definition) is 1. The summed E-state index contributed by atoms with van der Waals surface area (Å²) in [5, 5.41) is 4.92. The van der Waals surface area contributed by atoms with Crippen LogP contribution < -0.4 is 14.8 Å². The molecule has 0 atom stereocenters. The van der Waals surface area contributed by atoms with Gasteiger partial charge in [0.05, 0.1) is 12.8 Å².